The highest BCUT2D eigenvalue weighted by Crippen LogP contribution is 2.47. The third kappa shape index (κ3) is 1.81. The summed E-state index contributed by atoms with van der Waals surface area (Å²) < 4.78 is 11.1. The first-order chi connectivity index (χ1) is 8.27. The van der Waals surface area contributed by atoms with Crippen LogP contribution in [0.1, 0.15) is 24.4 Å². The maximum absolute atomic E-state index is 9.82. The summed E-state index contributed by atoms with van der Waals surface area (Å²) in [5.74, 6) is 1.32. The molecular formula is C12H14ClNO3. The van der Waals surface area contributed by atoms with Crippen molar-refractivity contribution in [2.24, 2.45) is 0 Å². The molecule has 0 spiro atoms. The van der Waals surface area contributed by atoms with Gasteiger partial charge in [0.1, 0.15) is 19.0 Å². The molecule has 1 saturated heterocycles. The fourth-order valence-corrected chi connectivity index (χ4v) is 2.69. The molecule has 0 bridgehead atoms. The van der Waals surface area contributed by atoms with Crippen molar-refractivity contribution >= 4 is 11.6 Å². The molecule has 5 heteroatoms. The number of phenolic OH excluding ortho intramolecular Hbond substituents is 1. The number of hydrogen-bond acceptors (Lipinski definition) is 4. The number of benzene rings is 1. The van der Waals surface area contributed by atoms with Crippen molar-refractivity contribution in [1.29, 1.82) is 0 Å². The molecule has 1 fully saturated rings. The summed E-state index contributed by atoms with van der Waals surface area (Å²) in [6.45, 7) is 1.99. The number of aromatic hydroxyl groups is 1. The standard InChI is InChI=1S/C12H14ClNO3/c13-11-8(15)6-9-12(17-5-4-16-9)10(11)7-2-1-3-14-7/h6-7,14-15H,1-5H2. The Balaban J connectivity index is 2.12. The second-order valence-electron chi connectivity index (χ2n) is 4.30. The molecule has 0 aliphatic carbocycles. The second-order valence-corrected chi connectivity index (χ2v) is 4.67. The highest BCUT2D eigenvalue weighted by molar-refractivity contribution is 6.33. The molecule has 1 unspecified atom stereocenters. The van der Waals surface area contributed by atoms with Crippen LogP contribution in [0.15, 0.2) is 6.07 Å². The molecule has 92 valence electrons. The lowest BCUT2D eigenvalue weighted by Crippen LogP contribution is -2.20. The molecule has 2 aliphatic heterocycles. The zero-order valence-corrected chi connectivity index (χ0v) is 10.1. The molecule has 2 aliphatic rings. The van der Waals surface area contributed by atoms with Gasteiger partial charge in [0.15, 0.2) is 11.5 Å². The number of phenols is 1. The number of ether oxygens (including phenoxy) is 2. The topological polar surface area (TPSA) is 50.7 Å². The fraction of sp³-hybridized carbons (Fsp3) is 0.500. The smallest absolute Gasteiger partial charge is 0.167 e. The van der Waals surface area contributed by atoms with E-state index in [0.717, 1.165) is 24.9 Å². The van der Waals surface area contributed by atoms with Crippen LogP contribution in [0.25, 0.3) is 0 Å². The van der Waals surface area contributed by atoms with Crippen molar-refractivity contribution in [1.82, 2.24) is 5.32 Å². The molecule has 1 aromatic carbocycles. The summed E-state index contributed by atoms with van der Waals surface area (Å²) in [6.07, 6.45) is 2.10. The number of halogens is 1. The Morgan fingerprint density at radius 3 is 2.94 bits per heavy atom. The molecule has 2 N–H and O–H groups in total. The average molecular weight is 256 g/mol. The van der Waals surface area contributed by atoms with Crippen LogP contribution in [0.4, 0.5) is 0 Å². The van der Waals surface area contributed by atoms with Crippen molar-refractivity contribution in [3.63, 3.8) is 0 Å². The Morgan fingerprint density at radius 1 is 1.35 bits per heavy atom. The van der Waals surface area contributed by atoms with Gasteiger partial charge in [-0.15, -0.1) is 0 Å². The Hall–Kier alpha value is -1.13. The number of fused-ring (bicyclic) bond motifs is 1. The lowest BCUT2D eigenvalue weighted by molar-refractivity contribution is 0.168. The number of hydrogen-bond donors (Lipinski definition) is 2. The van der Waals surface area contributed by atoms with E-state index in [-0.39, 0.29) is 11.8 Å². The van der Waals surface area contributed by atoms with Gasteiger partial charge in [-0.25, -0.2) is 0 Å². The summed E-state index contributed by atoms with van der Waals surface area (Å²) in [5.41, 5.74) is 0.832. The van der Waals surface area contributed by atoms with E-state index in [1.807, 2.05) is 0 Å². The first kappa shape index (κ1) is 11.0. The van der Waals surface area contributed by atoms with E-state index in [0.29, 0.717) is 29.7 Å². The predicted octanol–water partition coefficient (Wildman–Crippen LogP) is 2.24. The Morgan fingerprint density at radius 2 is 2.18 bits per heavy atom. The second kappa shape index (κ2) is 4.27. The SMILES string of the molecule is Oc1cc2c(c(C3CCCN3)c1Cl)OCCO2. The van der Waals surface area contributed by atoms with Crippen LogP contribution in [0.5, 0.6) is 17.2 Å². The monoisotopic (exact) mass is 255 g/mol. The van der Waals surface area contributed by atoms with Gasteiger partial charge in [-0.05, 0) is 19.4 Å². The van der Waals surface area contributed by atoms with Crippen LogP contribution in [-0.2, 0) is 0 Å². The molecule has 2 heterocycles. The number of rotatable bonds is 1. The van der Waals surface area contributed by atoms with Gasteiger partial charge in [-0.3, -0.25) is 0 Å². The van der Waals surface area contributed by atoms with Crippen molar-refractivity contribution < 1.29 is 14.6 Å². The minimum atomic E-state index is 0.0552. The minimum absolute atomic E-state index is 0.0552. The van der Waals surface area contributed by atoms with E-state index in [9.17, 15) is 5.11 Å². The van der Waals surface area contributed by atoms with Crippen LogP contribution < -0.4 is 14.8 Å². The number of nitrogens with one attached hydrogen (secondary N) is 1. The van der Waals surface area contributed by atoms with Crippen LogP contribution in [0.2, 0.25) is 5.02 Å². The van der Waals surface area contributed by atoms with Crippen molar-refractivity contribution in [2.75, 3.05) is 19.8 Å². The first-order valence-corrected chi connectivity index (χ1v) is 6.19. The molecule has 1 aromatic rings. The summed E-state index contributed by atoms with van der Waals surface area (Å²) in [5, 5.41) is 13.6. The summed E-state index contributed by atoms with van der Waals surface area (Å²) in [7, 11) is 0. The first-order valence-electron chi connectivity index (χ1n) is 5.81. The summed E-state index contributed by atoms with van der Waals surface area (Å²) in [6, 6.07) is 1.67. The van der Waals surface area contributed by atoms with Crippen LogP contribution in [0.3, 0.4) is 0 Å². The van der Waals surface area contributed by atoms with Gasteiger partial charge in [-0.1, -0.05) is 11.6 Å². The lowest BCUT2D eigenvalue weighted by atomic mass is 10.0. The van der Waals surface area contributed by atoms with Crippen molar-refractivity contribution in [2.45, 2.75) is 18.9 Å². The normalized spacial score (nSPS) is 22.8. The zero-order chi connectivity index (χ0) is 11.8. The molecule has 17 heavy (non-hydrogen) atoms. The maximum atomic E-state index is 9.82. The quantitative estimate of drug-likeness (QED) is 0.808. The van der Waals surface area contributed by atoms with Gasteiger partial charge in [0.05, 0.1) is 5.02 Å². The van der Waals surface area contributed by atoms with E-state index < -0.39 is 0 Å². The highest BCUT2D eigenvalue weighted by atomic mass is 35.5. The van der Waals surface area contributed by atoms with Gasteiger partial charge < -0.3 is 19.9 Å². The zero-order valence-electron chi connectivity index (χ0n) is 9.33. The van der Waals surface area contributed by atoms with Crippen molar-refractivity contribution in [3.05, 3.63) is 16.7 Å². The third-order valence-corrected chi connectivity index (χ3v) is 3.59. The third-order valence-electron chi connectivity index (χ3n) is 3.19. The fourth-order valence-electron chi connectivity index (χ4n) is 2.42. The van der Waals surface area contributed by atoms with Gasteiger partial charge in [0.2, 0.25) is 0 Å². The van der Waals surface area contributed by atoms with Gasteiger partial charge in [0, 0.05) is 17.7 Å². The van der Waals surface area contributed by atoms with Crippen LogP contribution >= 0.6 is 11.6 Å². The Labute approximate surface area is 104 Å². The van der Waals surface area contributed by atoms with Crippen molar-refractivity contribution in [3.8, 4) is 17.2 Å². The largest absolute Gasteiger partial charge is 0.506 e. The molecule has 0 radical (unpaired) electrons. The lowest BCUT2D eigenvalue weighted by Gasteiger charge is -2.25. The molecule has 0 aromatic heterocycles. The molecule has 0 saturated carbocycles. The molecule has 0 amide bonds. The van der Waals surface area contributed by atoms with E-state index in [1.165, 1.54) is 6.07 Å². The van der Waals surface area contributed by atoms with Crippen LogP contribution in [0, 0.1) is 0 Å². The van der Waals surface area contributed by atoms with E-state index in [4.69, 9.17) is 21.1 Å². The Bertz CT molecular complexity index is 444. The van der Waals surface area contributed by atoms with Gasteiger partial charge in [0.25, 0.3) is 0 Å². The highest BCUT2D eigenvalue weighted by Gasteiger charge is 2.29. The van der Waals surface area contributed by atoms with E-state index >= 15 is 0 Å². The molecule has 4 nitrogen and oxygen atoms in total. The predicted molar refractivity (Wildman–Crippen MR) is 64.1 cm³/mol. The molecule has 1 atom stereocenters. The minimum Gasteiger partial charge on any atom is -0.506 e. The summed E-state index contributed by atoms with van der Waals surface area (Å²) in [4.78, 5) is 0. The maximum Gasteiger partial charge on any atom is 0.167 e. The van der Waals surface area contributed by atoms with E-state index in [1.54, 1.807) is 0 Å². The molecule has 3 rings (SSSR count). The van der Waals surface area contributed by atoms with Gasteiger partial charge >= 0.3 is 0 Å². The Kier molecular flexibility index (Phi) is 2.76. The summed E-state index contributed by atoms with van der Waals surface area (Å²) >= 11 is 6.18. The van der Waals surface area contributed by atoms with E-state index in [2.05, 4.69) is 5.32 Å². The van der Waals surface area contributed by atoms with Gasteiger partial charge in [-0.2, -0.15) is 0 Å². The van der Waals surface area contributed by atoms with Crippen LogP contribution in [-0.4, -0.2) is 24.9 Å². The molecular weight excluding hydrogens is 242 g/mol. The average Bonchev–Trinajstić information content (AvgIpc) is 2.84.